The van der Waals surface area contributed by atoms with Crippen molar-refractivity contribution < 1.29 is 20.1 Å². The molecule has 2 aromatic rings. The summed E-state index contributed by atoms with van der Waals surface area (Å²) in [5.74, 6) is 1.13. The number of thioether (sulfide) groups is 1. The van der Waals surface area contributed by atoms with Gasteiger partial charge < -0.3 is 30.7 Å². The molecular formula is C27H41N5O4S. The van der Waals surface area contributed by atoms with E-state index in [9.17, 15) is 5.11 Å². The van der Waals surface area contributed by atoms with E-state index in [4.69, 9.17) is 29.9 Å². The number of hydrogen-bond acceptors (Lipinski definition) is 10. The van der Waals surface area contributed by atoms with Gasteiger partial charge in [0.2, 0.25) is 5.95 Å². The summed E-state index contributed by atoms with van der Waals surface area (Å²) in [6.07, 6.45) is 3.00. The van der Waals surface area contributed by atoms with Gasteiger partial charge in [-0.3, -0.25) is 0 Å². The van der Waals surface area contributed by atoms with Gasteiger partial charge in [0.25, 0.3) is 0 Å². The van der Waals surface area contributed by atoms with Crippen molar-refractivity contribution >= 4 is 34.3 Å². The zero-order valence-electron chi connectivity index (χ0n) is 22.7. The molecule has 1 aromatic carbocycles. The van der Waals surface area contributed by atoms with Crippen LogP contribution in [0, 0.1) is 12.8 Å². The minimum absolute atomic E-state index is 0.242. The van der Waals surface area contributed by atoms with E-state index >= 15 is 0 Å². The maximum Gasteiger partial charge on any atom is 0.225 e. The third-order valence-electron chi connectivity index (χ3n) is 6.25. The summed E-state index contributed by atoms with van der Waals surface area (Å²) >= 11 is 1.73. The monoisotopic (exact) mass is 531 g/mol. The summed E-state index contributed by atoms with van der Waals surface area (Å²) in [4.78, 5) is 14.6. The van der Waals surface area contributed by atoms with Gasteiger partial charge in [-0.2, -0.15) is 4.98 Å². The van der Waals surface area contributed by atoms with Gasteiger partial charge >= 0.3 is 0 Å². The zero-order valence-corrected chi connectivity index (χ0v) is 23.5. The zero-order chi connectivity index (χ0) is 27.2. The molecule has 0 bridgehead atoms. The Hall–Kier alpha value is -2.24. The molecule has 1 aliphatic heterocycles. The minimum atomic E-state index is -1.50. The number of aryl methyl sites for hydroxylation is 1. The molecular weight excluding hydrogens is 490 g/mol. The molecule has 2 heterocycles. The van der Waals surface area contributed by atoms with Crippen LogP contribution in [-0.2, 0) is 10.5 Å². The third-order valence-corrected chi connectivity index (χ3v) is 7.27. The quantitative estimate of drug-likeness (QED) is 0.318. The van der Waals surface area contributed by atoms with E-state index in [1.54, 1.807) is 18.9 Å². The number of hydrogen-bond donors (Lipinski definition) is 5. The predicted octanol–water partition coefficient (Wildman–Crippen LogP) is 4.23. The lowest BCUT2D eigenvalue weighted by molar-refractivity contribution is -0.127. The van der Waals surface area contributed by atoms with Gasteiger partial charge in [-0.25, -0.2) is 9.98 Å². The molecule has 0 amide bonds. The van der Waals surface area contributed by atoms with Gasteiger partial charge in [0.1, 0.15) is 10.9 Å². The number of aliphatic imine (C=N–C) groups is 1. The fourth-order valence-electron chi connectivity index (χ4n) is 4.10. The molecule has 0 spiro atoms. The summed E-state index contributed by atoms with van der Waals surface area (Å²) in [6, 6.07) is 8.55. The molecule has 2 atom stereocenters. The summed E-state index contributed by atoms with van der Waals surface area (Å²) in [5, 5.41) is 33.7. The molecule has 1 fully saturated rings. The molecule has 0 radical (unpaired) electrons. The van der Waals surface area contributed by atoms with Crippen molar-refractivity contribution in [2.75, 3.05) is 30.9 Å². The standard InChI is InChI=1S/C24H33N5O2S.C3H8O2/c1-15-20(22-28-19-8-6-5-7-17(19)13-32-22)21(27-18-10-9-16(11-18)12-30)29-23(26-15)25-14-24(2,3)31-4;1-3(2,4)5/h5-8,16,18,30H,9-14H2,1-4H3,(H2,25,26,27,29);4-5H,1-2H3/t16?,18-;/m0./s1. The second kappa shape index (κ2) is 12.5. The number of anilines is 2. The van der Waals surface area contributed by atoms with Gasteiger partial charge in [0.15, 0.2) is 5.79 Å². The van der Waals surface area contributed by atoms with E-state index in [0.717, 1.165) is 52.8 Å². The molecule has 1 aromatic heterocycles. The Bertz CT molecular complexity index is 1080. The summed E-state index contributed by atoms with van der Waals surface area (Å²) in [6.45, 7) is 9.51. The van der Waals surface area contributed by atoms with Crippen molar-refractivity contribution in [1.82, 2.24) is 9.97 Å². The van der Waals surface area contributed by atoms with Crippen LogP contribution in [0.15, 0.2) is 29.3 Å². The van der Waals surface area contributed by atoms with Crippen LogP contribution >= 0.6 is 11.8 Å². The van der Waals surface area contributed by atoms with Crippen molar-refractivity contribution in [2.45, 2.75) is 77.1 Å². The van der Waals surface area contributed by atoms with Crippen LogP contribution in [0.25, 0.3) is 0 Å². The van der Waals surface area contributed by atoms with Crippen LogP contribution in [0.2, 0.25) is 0 Å². The molecule has 2 aliphatic rings. The average molecular weight is 532 g/mol. The normalized spacial score (nSPS) is 19.4. The lowest BCUT2D eigenvalue weighted by atomic mass is 10.1. The number of aromatic nitrogens is 2. The van der Waals surface area contributed by atoms with E-state index < -0.39 is 5.79 Å². The van der Waals surface area contributed by atoms with Gasteiger partial charge in [0, 0.05) is 32.1 Å². The highest BCUT2D eigenvalue weighted by Crippen LogP contribution is 2.37. The lowest BCUT2D eigenvalue weighted by Crippen LogP contribution is -2.32. The average Bonchev–Trinajstić information content (AvgIpc) is 3.29. The fourth-order valence-corrected chi connectivity index (χ4v) is 5.19. The Morgan fingerprint density at radius 2 is 1.81 bits per heavy atom. The van der Waals surface area contributed by atoms with E-state index in [-0.39, 0.29) is 18.2 Å². The van der Waals surface area contributed by atoms with Gasteiger partial charge in [-0.15, -0.1) is 11.8 Å². The van der Waals surface area contributed by atoms with Crippen molar-refractivity contribution in [1.29, 1.82) is 0 Å². The van der Waals surface area contributed by atoms with Crippen molar-refractivity contribution in [2.24, 2.45) is 10.9 Å². The smallest absolute Gasteiger partial charge is 0.225 e. The molecule has 4 rings (SSSR count). The number of para-hydroxylation sites is 1. The Morgan fingerprint density at radius 1 is 1.11 bits per heavy atom. The number of aliphatic hydroxyl groups excluding tert-OH is 1. The largest absolute Gasteiger partial charge is 0.396 e. The van der Waals surface area contributed by atoms with Gasteiger partial charge in [-0.1, -0.05) is 18.2 Å². The van der Waals surface area contributed by atoms with Gasteiger partial charge in [-0.05, 0) is 71.4 Å². The highest BCUT2D eigenvalue weighted by Gasteiger charge is 2.28. The molecule has 1 saturated carbocycles. The lowest BCUT2D eigenvalue weighted by Gasteiger charge is -2.25. The van der Waals surface area contributed by atoms with Crippen molar-refractivity contribution in [3.63, 3.8) is 0 Å². The first-order chi connectivity index (χ1) is 17.4. The number of fused-ring (bicyclic) bond motifs is 1. The number of methoxy groups -OCH3 is 1. The number of benzene rings is 1. The second-order valence-electron chi connectivity index (χ2n) is 10.7. The van der Waals surface area contributed by atoms with E-state index in [1.807, 2.05) is 26.8 Å². The first kappa shape index (κ1) is 29.3. The van der Waals surface area contributed by atoms with E-state index in [1.165, 1.54) is 19.4 Å². The molecule has 9 nitrogen and oxygen atoms in total. The third kappa shape index (κ3) is 8.93. The van der Waals surface area contributed by atoms with Crippen LogP contribution in [0.4, 0.5) is 17.5 Å². The number of nitrogens with zero attached hydrogens (tertiary/aromatic N) is 3. The first-order valence-corrected chi connectivity index (χ1v) is 13.7. The highest BCUT2D eigenvalue weighted by atomic mass is 32.2. The maximum absolute atomic E-state index is 9.56. The highest BCUT2D eigenvalue weighted by molar-refractivity contribution is 8.13. The molecule has 204 valence electrons. The molecule has 37 heavy (non-hydrogen) atoms. The SMILES string of the molecule is CC(C)(O)O.COC(C)(C)CNc1nc(C)c(C2=Nc3ccccc3CS2)c(N[C@H]2CCC(CO)C2)n1. The van der Waals surface area contributed by atoms with Crippen LogP contribution in [0.5, 0.6) is 0 Å². The van der Waals surface area contributed by atoms with E-state index in [0.29, 0.717) is 18.4 Å². The molecule has 0 saturated heterocycles. The number of rotatable bonds is 8. The minimum Gasteiger partial charge on any atom is -0.396 e. The Morgan fingerprint density at radius 3 is 2.46 bits per heavy atom. The van der Waals surface area contributed by atoms with Crippen molar-refractivity contribution in [3.8, 4) is 0 Å². The maximum atomic E-state index is 9.56. The molecule has 10 heteroatoms. The summed E-state index contributed by atoms with van der Waals surface area (Å²) < 4.78 is 5.52. The molecule has 1 aliphatic carbocycles. The first-order valence-electron chi connectivity index (χ1n) is 12.7. The van der Waals surface area contributed by atoms with Gasteiger partial charge in [0.05, 0.1) is 22.5 Å². The molecule has 1 unspecified atom stereocenters. The van der Waals surface area contributed by atoms with E-state index in [2.05, 4.69) is 28.8 Å². The number of ether oxygens (including phenoxy) is 1. The van der Waals surface area contributed by atoms with Crippen LogP contribution < -0.4 is 10.6 Å². The predicted molar refractivity (Wildman–Crippen MR) is 151 cm³/mol. The van der Waals surface area contributed by atoms with Crippen LogP contribution in [-0.4, -0.2) is 68.0 Å². The second-order valence-corrected chi connectivity index (χ2v) is 11.7. The Kier molecular flexibility index (Phi) is 9.93. The number of nitrogens with one attached hydrogen (secondary N) is 2. The Labute approximate surface area is 224 Å². The molecule has 5 N–H and O–H groups in total. The summed E-state index contributed by atoms with van der Waals surface area (Å²) in [5.41, 5.74) is 3.79. The van der Waals surface area contributed by atoms with Crippen molar-refractivity contribution in [3.05, 3.63) is 41.1 Å². The summed E-state index contributed by atoms with van der Waals surface area (Å²) in [7, 11) is 1.71. The Balaban J connectivity index is 0.000000695. The number of aliphatic hydroxyl groups is 3. The van der Waals surface area contributed by atoms with Crippen LogP contribution in [0.3, 0.4) is 0 Å². The van der Waals surface area contributed by atoms with Crippen LogP contribution in [0.1, 0.15) is 63.8 Å². The fraction of sp³-hybridized carbons (Fsp3) is 0.593. The topological polar surface area (TPSA) is 132 Å².